The van der Waals surface area contributed by atoms with Gasteiger partial charge >= 0.3 is 0 Å². The van der Waals surface area contributed by atoms with Gasteiger partial charge in [-0.1, -0.05) is 13.8 Å². The molecule has 1 aromatic rings. The Morgan fingerprint density at radius 1 is 1.26 bits per heavy atom. The predicted molar refractivity (Wildman–Crippen MR) is 95.3 cm³/mol. The van der Waals surface area contributed by atoms with Gasteiger partial charge in [0, 0.05) is 29.7 Å². The molecule has 0 aromatic heterocycles. The molecule has 1 rings (SSSR count). The van der Waals surface area contributed by atoms with Gasteiger partial charge in [0.05, 0.1) is 14.2 Å². The highest BCUT2D eigenvalue weighted by Crippen LogP contribution is 2.31. The molecule has 0 spiro atoms. The van der Waals surface area contributed by atoms with Crippen molar-refractivity contribution in [3.63, 3.8) is 0 Å². The molecule has 1 unspecified atom stereocenters. The summed E-state index contributed by atoms with van der Waals surface area (Å²) in [5.74, 6) is 2.68. The van der Waals surface area contributed by atoms with E-state index in [4.69, 9.17) is 15.2 Å². The quantitative estimate of drug-likeness (QED) is 0.641. The molecule has 5 nitrogen and oxygen atoms in total. The Hall–Kier alpha value is -1.40. The molecule has 0 aliphatic rings. The minimum Gasteiger partial charge on any atom is -0.493 e. The lowest BCUT2D eigenvalue weighted by atomic mass is 10.0. The van der Waals surface area contributed by atoms with E-state index >= 15 is 0 Å². The van der Waals surface area contributed by atoms with Crippen molar-refractivity contribution in [3.05, 3.63) is 18.2 Å². The summed E-state index contributed by atoms with van der Waals surface area (Å²) in [4.78, 5) is 13.0. The number of amides is 1. The first kappa shape index (κ1) is 19.6. The van der Waals surface area contributed by atoms with Crippen LogP contribution in [0.1, 0.15) is 26.7 Å². The van der Waals surface area contributed by atoms with E-state index in [9.17, 15) is 4.79 Å². The Morgan fingerprint density at radius 3 is 2.52 bits per heavy atom. The van der Waals surface area contributed by atoms with Crippen molar-refractivity contribution in [2.75, 3.05) is 26.5 Å². The highest BCUT2D eigenvalue weighted by atomic mass is 32.2. The predicted octanol–water partition coefficient (Wildman–Crippen LogP) is 2.68. The third-order valence-corrected chi connectivity index (χ3v) is 4.35. The number of carbonyl (C=O) groups is 1. The van der Waals surface area contributed by atoms with E-state index in [1.54, 1.807) is 26.0 Å². The molecule has 1 aromatic carbocycles. The summed E-state index contributed by atoms with van der Waals surface area (Å²) in [6.07, 6.45) is 1.37. The van der Waals surface area contributed by atoms with Crippen molar-refractivity contribution >= 4 is 17.7 Å². The lowest BCUT2D eigenvalue weighted by molar-refractivity contribution is -0.121. The van der Waals surface area contributed by atoms with Crippen LogP contribution >= 0.6 is 11.8 Å². The summed E-state index contributed by atoms with van der Waals surface area (Å²) in [5, 5.41) is 3.00. The van der Waals surface area contributed by atoms with Crippen LogP contribution in [-0.4, -0.2) is 38.5 Å². The fourth-order valence-corrected chi connectivity index (χ4v) is 3.13. The summed E-state index contributed by atoms with van der Waals surface area (Å²) >= 11 is 1.62. The SMILES string of the molecule is COc1ccc(SCCC(=O)NC(CN)CC(C)C)cc1OC. The Kier molecular flexibility index (Phi) is 8.87. The highest BCUT2D eigenvalue weighted by Gasteiger charge is 2.12. The van der Waals surface area contributed by atoms with E-state index in [-0.39, 0.29) is 11.9 Å². The van der Waals surface area contributed by atoms with Gasteiger partial charge in [-0.25, -0.2) is 0 Å². The molecule has 1 amide bonds. The summed E-state index contributed by atoms with van der Waals surface area (Å²) in [5.41, 5.74) is 5.70. The normalized spacial score (nSPS) is 12.1. The van der Waals surface area contributed by atoms with Gasteiger partial charge in [-0.2, -0.15) is 0 Å². The molecule has 0 radical (unpaired) electrons. The number of carbonyl (C=O) groups excluding carboxylic acids is 1. The third-order valence-electron chi connectivity index (χ3n) is 3.36. The van der Waals surface area contributed by atoms with Crippen LogP contribution in [-0.2, 0) is 4.79 Å². The average molecular weight is 340 g/mol. The number of hydrogen-bond acceptors (Lipinski definition) is 5. The van der Waals surface area contributed by atoms with Crippen molar-refractivity contribution in [1.82, 2.24) is 5.32 Å². The van der Waals surface area contributed by atoms with E-state index in [0.29, 0.717) is 36.1 Å². The lowest BCUT2D eigenvalue weighted by Crippen LogP contribution is -2.41. The van der Waals surface area contributed by atoms with Gasteiger partial charge in [0.15, 0.2) is 11.5 Å². The number of rotatable bonds is 10. The van der Waals surface area contributed by atoms with Crippen LogP contribution in [0.3, 0.4) is 0 Å². The molecule has 0 heterocycles. The summed E-state index contributed by atoms with van der Waals surface area (Å²) in [6.45, 7) is 4.73. The molecule has 0 saturated heterocycles. The first-order valence-electron chi connectivity index (χ1n) is 7.84. The first-order chi connectivity index (χ1) is 11.0. The van der Waals surface area contributed by atoms with Crippen LogP contribution in [0.2, 0.25) is 0 Å². The van der Waals surface area contributed by atoms with E-state index in [1.807, 2.05) is 18.2 Å². The molecule has 1 atom stereocenters. The fourth-order valence-electron chi connectivity index (χ4n) is 2.25. The number of nitrogens with one attached hydrogen (secondary N) is 1. The topological polar surface area (TPSA) is 73.6 Å². The van der Waals surface area contributed by atoms with Gasteiger partial charge < -0.3 is 20.5 Å². The monoisotopic (exact) mass is 340 g/mol. The Morgan fingerprint density at radius 2 is 1.96 bits per heavy atom. The zero-order valence-electron chi connectivity index (χ0n) is 14.4. The van der Waals surface area contributed by atoms with E-state index < -0.39 is 0 Å². The third kappa shape index (κ3) is 7.14. The zero-order valence-corrected chi connectivity index (χ0v) is 15.2. The van der Waals surface area contributed by atoms with Gasteiger partial charge in [0.25, 0.3) is 0 Å². The van der Waals surface area contributed by atoms with Crippen LogP contribution in [0.4, 0.5) is 0 Å². The Balaban J connectivity index is 2.42. The number of methoxy groups -OCH3 is 2. The number of thioether (sulfide) groups is 1. The standard InChI is InChI=1S/C17H28N2O3S/c1-12(2)9-13(11-18)19-17(20)7-8-23-14-5-6-15(21-3)16(10-14)22-4/h5-6,10,12-13H,7-9,11,18H2,1-4H3,(H,19,20). The first-order valence-corrected chi connectivity index (χ1v) is 8.83. The van der Waals surface area contributed by atoms with Crippen molar-refractivity contribution in [2.24, 2.45) is 11.7 Å². The van der Waals surface area contributed by atoms with Crippen molar-refractivity contribution in [2.45, 2.75) is 37.6 Å². The van der Waals surface area contributed by atoms with Crippen LogP contribution in [0.5, 0.6) is 11.5 Å². The van der Waals surface area contributed by atoms with Gasteiger partial charge in [-0.05, 0) is 30.5 Å². The minimum atomic E-state index is 0.0501. The summed E-state index contributed by atoms with van der Waals surface area (Å²) in [7, 11) is 3.22. The average Bonchev–Trinajstić information content (AvgIpc) is 2.53. The van der Waals surface area contributed by atoms with Crippen LogP contribution in [0.25, 0.3) is 0 Å². The molecule has 23 heavy (non-hydrogen) atoms. The highest BCUT2D eigenvalue weighted by molar-refractivity contribution is 7.99. The molecule has 130 valence electrons. The maximum atomic E-state index is 12.0. The van der Waals surface area contributed by atoms with E-state index in [2.05, 4.69) is 19.2 Å². The Labute approximate surface area is 143 Å². The molecule has 0 saturated carbocycles. The lowest BCUT2D eigenvalue weighted by Gasteiger charge is -2.18. The second kappa shape index (κ2) is 10.4. The molecule has 0 aliphatic carbocycles. The second-order valence-corrected chi connectivity index (χ2v) is 6.91. The summed E-state index contributed by atoms with van der Waals surface area (Å²) in [6, 6.07) is 5.82. The molecule has 0 fully saturated rings. The molecule has 6 heteroatoms. The zero-order chi connectivity index (χ0) is 17.2. The molecule has 3 N–H and O–H groups in total. The van der Waals surface area contributed by atoms with Crippen molar-refractivity contribution < 1.29 is 14.3 Å². The van der Waals surface area contributed by atoms with E-state index in [0.717, 1.165) is 11.3 Å². The molecule has 0 bridgehead atoms. The van der Waals surface area contributed by atoms with Gasteiger partial charge in [0.1, 0.15) is 0 Å². The maximum Gasteiger partial charge on any atom is 0.221 e. The van der Waals surface area contributed by atoms with E-state index in [1.165, 1.54) is 0 Å². The number of ether oxygens (including phenoxy) is 2. The maximum absolute atomic E-state index is 12.0. The number of benzene rings is 1. The number of nitrogens with two attached hydrogens (primary N) is 1. The van der Waals surface area contributed by atoms with Crippen molar-refractivity contribution in [3.8, 4) is 11.5 Å². The van der Waals surface area contributed by atoms with Gasteiger partial charge in [-0.3, -0.25) is 4.79 Å². The molecule has 0 aliphatic heterocycles. The second-order valence-electron chi connectivity index (χ2n) is 5.74. The van der Waals surface area contributed by atoms with Gasteiger partial charge in [0.2, 0.25) is 5.91 Å². The minimum absolute atomic E-state index is 0.0501. The van der Waals surface area contributed by atoms with Crippen LogP contribution in [0, 0.1) is 5.92 Å². The van der Waals surface area contributed by atoms with Crippen molar-refractivity contribution in [1.29, 1.82) is 0 Å². The van der Waals surface area contributed by atoms with Crippen LogP contribution < -0.4 is 20.5 Å². The fraction of sp³-hybridized carbons (Fsp3) is 0.588. The van der Waals surface area contributed by atoms with Crippen LogP contribution in [0.15, 0.2) is 23.1 Å². The van der Waals surface area contributed by atoms with Gasteiger partial charge in [-0.15, -0.1) is 11.8 Å². The number of hydrogen-bond donors (Lipinski definition) is 2. The summed E-state index contributed by atoms with van der Waals surface area (Å²) < 4.78 is 10.5. The largest absolute Gasteiger partial charge is 0.493 e. The smallest absolute Gasteiger partial charge is 0.221 e. The molecular weight excluding hydrogens is 312 g/mol. The Bertz CT molecular complexity index is 495. The molecular formula is C17H28N2O3S.